The van der Waals surface area contributed by atoms with E-state index in [0.29, 0.717) is 40.3 Å². The lowest BCUT2D eigenvalue weighted by molar-refractivity contribution is 0.0954. The molecule has 0 fully saturated rings. The molecule has 0 aliphatic rings. The lowest BCUT2D eigenvalue weighted by Crippen LogP contribution is -2.17. The van der Waals surface area contributed by atoms with Crippen LogP contribution in [0.25, 0.3) is 16.9 Å². The number of fused-ring (bicyclic) bond motifs is 1. The second-order valence-electron chi connectivity index (χ2n) is 9.58. The molecule has 1 amide bonds. The third kappa shape index (κ3) is 5.33. The number of amides is 1. The summed E-state index contributed by atoms with van der Waals surface area (Å²) in [5.41, 5.74) is 7.72. The lowest BCUT2D eigenvalue weighted by atomic mass is 10.0. The van der Waals surface area contributed by atoms with Crippen molar-refractivity contribution in [3.8, 4) is 11.4 Å². The molecule has 42 heavy (non-hydrogen) atoms. The van der Waals surface area contributed by atoms with Crippen LogP contribution in [0.1, 0.15) is 43.1 Å². The van der Waals surface area contributed by atoms with Crippen molar-refractivity contribution in [3.63, 3.8) is 0 Å². The molecule has 3 aromatic heterocycles. The molecule has 206 valence electrons. The second-order valence-corrected chi connectivity index (χ2v) is 9.58. The first-order valence-electron chi connectivity index (χ1n) is 13.1. The van der Waals surface area contributed by atoms with Crippen molar-refractivity contribution in [3.05, 3.63) is 143 Å². The van der Waals surface area contributed by atoms with Gasteiger partial charge in [0.25, 0.3) is 5.91 Å². The number of nitrogens with zero attached hydrogens (tertiary/aromatic N) is 6. The van der Waals surface area contributed by atoms with Crippen molar-refractivity contribution in [1.82, 2.24) is 30.0 Å². The number of pyridine rings is 1. The van der Waals surface area contributed by atoms with E-state index >= 15 is 0 Å². The number of rotatable bonds is 8. The predicted octanol–water partition coefficient (Wildman–Crippen LogP) is 5.08. The second kappa shape index (κ2) is 11.4. The molecule has 0 aliphatic carbocycles. The third-order valence-corrected chi connectivity index (χ3v) is 6.84. The number of carbonyl (C=O) groups excluding carboxylic acids is 2. The zero-order chi connectivity index (χ0) is 29.1. The third-order valence-electron chi connectivity index (χ3n) is 6.84. The van der Waals surface area contributed by atoms with Gasteiger partial charge in [0.2, 0.25) is 11.6 Å². The summed E-state index contributed by atoms with van der Waals surface area (Å²) in [6, 6.07) is 27.6. The Morgan fingerprint density at radius 1 is 0.905 bits per heavy atom. The van der Waals surface area contributed by atoms with Crippen LogP contribution >= 0.6 is 0 Å². The minimum absolute atomic E-state index is 0.241. The van der Waals surface area contributed by atoms with Gasteiger partial charge in [0, 0.05) is 28.5 Å². The number of ketones is 1. The molecule has 0 radical (unpaired) electrons. The van der Waals surface area contributed by atoms with Crippen LogP contribution in [0.15, 0.2) is 108 Å². The fourth-order valence-corrected chi connectivity index (χ4v) is 4.70. The lowest BCUT2D eigenvalue weighted by Gasteiger charge is -2.04. The van der Waals surface area contributed by atoms with Crippen LogP contribution in [0.4, 0.5) is 4.39 Å². The zero-order valence-corrected chi connectivity index (χ0v) is 22.5. The first-order chi connectivity index (χ1) is 20.5. The van der Waals surface area contributed by atoms with Gasteiger partial charge < -0.3 is 4.40 Å². The number of halogens is 1. The van der Waals surface area contributed by atoms with Crippen LogP contribution in [0.2, 0.25) is 0 Å². The molecule has 0 spiro atoms. The first kappa shape index (κ1) is 26.5. The Balaban J connectivity index is 1.15. The summed E-state index contributed by atoms with van der Waals surface area (Å²) in [6.07, 6.45) is 3.31. The molecular formula is C32H24FN7O2. The molecule has 3 heterocycles. The molecule has 1 N–H and O–H groups in total. The van der Waals surface area contributed by atoms with E-state index in [2.05, 4.69) is 25.9 Å². The SMILES string of the molecule is Cc1c(/C=N/NC(=O)c2ccc(Cn3nnc(-c4ccccc4)n3)cc2)c2ccccn2c1C(=O)c1ccc(F)cc1. The standard InChI is InChI=1S/C32H24FN7O2/c1-21-27(28-9-5-6-18-39(28)29(21)30(41)23-14-16-26(33)17-15-23)19-34-36-32(42)25-12-10-22(11-13-25)20-40-37-31(35-38-40)24-7-3-2-4-8-24/h2-19H,20H2,1H3,(H,36,42)/b34-19+. The van der Waals surface area contributed by atoms with Gasteiger partial charge in [-0.1, -0.05) is 48.5 Å². The highest BCUT2D eigenvalue weighted by atomic mass is 19.1. The van der Waals surface area contributed by atoms with Crippen molar-refractivity contribution < 1.29 is 14.0 Å². The van der Waals surface area contributed by atoms with Gasteiger partial charge in [-0.25, -0.2) is 9.82 Å². The summed E-state index contributed by atoms with van der Waals surface area (Å²) in [7, 11) is 0. The molecule has 0 aliphatic heterocycles. The number of carbonyl (C=O) groups is 2. The molecule has 0 saturated heterocycles. The molecule has 6 aromatic rings. The molecule has 9 nitrogen and oxygen atoms in total. The summed E-state index contributed by atoms with van der Waals surface area (Å²) < 4.78 is 15.2. The van der Waals surface area contributed by atoms with Crippen molar-refractivity contribution in [2.75, 3.05) is 0 Å². The molecule has 10 heteroatoms. The minimum atomic E-state index is -0.411. The summed E-state index contributed by atoms with van der Waals surface area (Å²) in [5, 5.41) is 16.8. The van der Waals surface area contributed by atoms with Gasteiger partial charge in [-0.15, -0.1) is 10.2 Å². The monoisotopic (exact) mass is 557 g/mol. The Morgan fingerprint density at radius 3 is 2.38 bits per heavy atom. The van der Waals surface area contributed by atoms with Crippen LogP contribution < -0.4 is 5.43 Å². The highest BCUT2D eigenvalue weighted by molar-refractivity contribution is 6.12. The van der Waals surface area contributed by atoms with Crippen LogP contribution in [-0.4, -0.2) is 42.5 Å². The van der Waals surface area contributed by atoms with E-state index in [4.69, 9.17) is 0 Å². The van der Waals surface area contributed by atoms with Gasteiger partial charge >= 0.3 is 0 Å². The van der Waals surface area contributed by atoms with Crippen LogP contribution in [0, 0.1) is 12.7 Å². The maximum Gasteiger partial charge on any atom is 0.271 e. The minimum Gasteiger partial charge on any atom is -0.313 e. The molecule has 0 saturated carbocycles. The van der Waals surface area contributed by atoms with Crippen molar-refractivity contribution in [1.29, 1.82) is 0 Å². The van der Waals surface area contributed by atoms with Crippen LogP contribution in [-0.2, 0) is 6.54 Å². The van der Waals surface area contributed by atoms with Gasteiger partial charge in [-0.05, 0) is 71.8 Å². The topological polar surface area (TPSA) is 107 Å². The fraction of sp³-hybridized carbons (Fsp3) is 0.0625. The molecule has 6 rings (SSSR count). The van der Waals surface area contributed by atoms with E-state index in [0.717, 1.165) is 16.6 Å². The number of hydrogen-bond donors (Lipinski definition) is 1. The van der Waals surface area contributed by atoms with Gasteiger partial charge in [0.05, 0.1) is 24.0 Å². The molecule has 0 bridgehead atoms. The van der Waals surface area contributed by atoms with E-state index in [1.165, 1.54) is 35.3 Å². The normalized spacial score (nSPS) is 11.3. The number of hydrazone groups is 1. The Labute approximate surface area is 239 Å². The number of aromatic nitrogens is 5. The summed E-state index contributed by atoms with van der Waals surface area (Å²) in [5.74, 6) is -0.490. The van der Waals surface area contributed by atoms with Crippen molar-refractivity contribution in [2.24, 2.45) is 5.10 Å². The summed E-state index contributed by atoms with van der Waals surface area (Å²) in [4.78, 5) is 27.6. The maximum absolute atomic E-state index is 13.4. The van der Waals surface area contributed by atoms with Gasteiger partial charge in [0.15, 0.2) is 0 Å². The number of tetrazole rings is 1. The van der Waals surface area contributed by atoms with Crippen LogP contribution in [0.5, 0.6) is 0 Å². The molecule has 0 atom stereocenters. The fourth-order valence-electron chi connectivity index (χ4n) is 4.70. The molecule has 0 unspecified atom stereocenters. The molecular weight excluding hydrogens is 533 g/mol. The van der Waals surface area contributed by atoms with Crippen molar-refractivity contribution in [2.45, 2.75) is 13.5 Å². The smallest absolute Gasteiger partial charge is 0.271 e. The average molecular weight is 558 g/mol. The quantitative estimate of drug-likeness (QED) is 0.160. The van der Waals surface area contributed by atoms with Crippen LogP contribution in [0.3, 0.4) is 0 Å². The van der Waals surface area contributed by atoms with E-state index in [9.17, 15) is 14.0 Å². The number of hydrogen-bond acceptors (Lipinski definition) is 6. The van der Waals surface area contributed by atoms with Gasteiger partial charge in [-0.2, -0.15) is 9.90 Å². The molecule has 3 aromatic carbocycles. The summed E-state index contributed by atoms with van der Waals surface area (Å²) in [6.45, 7) is 2.22. The van der Waals surface area contributed by atoms with E-state index in [1.807, 2.05) is 67.6 Å². The Kier molecular flexibility index (Phi) is 7.17. The first-order valence-corrected chi connectivity index (χ1v) is 13.1. The zero-order valence-electron chi connectivity index (χ0n) is 22.5. The largest absolute Gasteiger partial charge is 0.313 e. The van der Waals surface area contributed by atoms with Gasteiger partial charge in [-0.3, -0.25) is 9.59 Å². The number of nitrogens with one attached hydrogen (secondary N) is 1. The Hall–Kier alpha value is -5.77. The van der Waals surface area contributed by atoms with E-state index in [1.54, 1.807) is 22.7 Å². The van der Waals surface area contributed by atoms with Crippen molar-refractivity contribution >= 4 is 23.4 Å². The highest BCUT2D eigenvalue weighted by Gasteiger charge is 2.21. The number of benzene rings is 3. The van der Waals surface area contributed by atoms with E-state index < -0.39 is 5.82 Å². The maximum atomic E-state index is 13.4. The van der Waals surface area contributed by atoms with Gasteiger partial charge in [0.1, 0.15) is 5.82 Å². The Morgan fingerprint density at radius 2 is 1.62 bits per heavy atom. The average Bonchev–Trinajstić information content (AvgIpc) is 3.60. The van der Waals surface area contributed by atoms with E-state index in [-0.39, 0.29) is 11.7 Å². The summed E-state index contributed by atoms with van der Waals surface area (Å²) >= 11 is 0. The predicted molar refractivity (Wildman–Crippen MR) is 156 cm³/mol. The Bertz CT molecular complexity index is 1930. The highest BCUT2D eigenvalue weighted by Crippen LogP contribution is 2.24.